The lowest BCUT2D eigenvalue weighted by molar-refractivity contribution is -0.135. The molecule has 2 saturated heterocycles. The Morgan fingerprint density at radius 2 is 1.68 bits per heavy atom. The van der Waals surface area contributed by atoms with Gasteiger partial charge in [0.25, 0.3) is 0 Å². The molecule has 2 N–H and O–H groups in total. The zero-order valence-corrected chi connectivity index (χ0v) is 18.2. The molecule has 3 aromatic rings. The van der Waals surface area contributed by atoms with E-state index in [0.29, 0.717) is 0 Å². The highest BCUT2D eigenvalue weighted by Crippen LogP contribution is 2.24. The van der Waals surface area contributed by atoms with Crippen LogP contribution in [0.25, 0.3) is 11.3 Å². The summed E-state index contributed by atoms with van der Waals surface area (Å²) in [6.07, 6.45) is 0.782. The van der Waals surface area contributed by atoms with Crippen LogP contribution in [-0.4, -0.2) is 52.9 Å². The summed E-state index contributed by atoms with van der Waals surface area (Å²) in [4.78, 5) is 22.2. The zero-order chi connectivity index (χ0) is 21.0. The fraction of sp³-hybridized carbons (Fsp3) is 0.333. The van der Waals surface area contributed by atoms with Gasteiger partial charge in [-0.2, -0.15) is 0 Å². The van der Waals surface area contributed by atoms with Crippen molar-refractivity contribution in [2.45, 2.75) is 25.0 Å². The first-order chi connectivity index (χ1) is 15.3. The van der Waals surface area contributed by atoms with Crippen LogP contribution >= 0.6 is 11.3 Å². The Labute approximate surface area is 186 Å². The van der Waals surface area contributed by atoms with E-state index >= 15 is 0 Å². The highest BCUT2D eigenvalue weighted by molar-refractivity contribution is 7.09. The van der Waals surface area contributed by atoms with Crippen molar-refractivity contribution in [3.05, 3.63) is 76.6 Å². The van der Waals surface area contributed by atoms with Gasteiger partial charge in [-0.1, -0.05) is 60.7 Å². The second-order valence-electron chi connectivity index (χ2n) is 8.13. The van der Waals surface area contributed by atoms with E-state index in [-0.39, 0.29) is 18.0 Å². The summed E-state index contributed by atoms with van der Waals surface area (Å²) in [5, 5.41) is 3.26. The van der Waals surface area contributed by atoms with Crippen molar-refractivity contribution in [2.24, 2.45) is 0 Å². The molecule has 6 nitrogen and oxygen atoms in total. The van der Waals surface area contributed by atoms with Gasteiger partial charge in [0.2, 0.25) is 5.91 Å². The monoisotopic (exact) mass is 433 g/mol. The standard InChI is InChI=1S/C24H27N5OS/c30-24(21-15-20(26-27-21)18-7-3-1-4-8-18)29-13-11-28(12-14-29)16-23-25-22(17-31-23)19-9-5-2-6-10-19/h1-10,17,20-21,26-27H,11-16H2. The number of hydrogen-bond donors (Lipinski definition) is 2. The lowest BCUT2D eigenvalue weighted by Crippen LogP contribution is -2.53. The molecule has 2 aliphatic heterocycles. The van der Waals surface area contributed by atoms with Crippen molar-refractivity contribution >= 4 is 17.2 Å². The molecule has 0 saturated carbocycles. The number of thiazole rings is 1. The van der Waals surface area contributed by atoms with Gasteiger partial charge in [0.1, 0.15) is 11.0 Å². The quantitative estimate of drug-likeness (QED) is 0.648. The number of nitrogens with zero attached hydrogens (tertiary/aromatic N) is 3. The predicted molar refractivity (Wildman–Crippen MR) is 123 cm³/mol. The van der Waals surface area contributed by atoms with Crippen LogP contribution in [-0.2, 0) is 11.3 Å². The highest BCUT2D eigenvalue weighted by Gasteiger charge is 2.34. The second kappa shape index (κ2) is 9.28. The molecule has 0 aliphatic carbocycles. The molecular weight excluding hydrogens is 406 g/mol. The van der Waals surface area contributed by atoms with Crippen molar-refractivity contribution in [3.8, 4) is 11.3 Å². The molecule has 1 amide bonds. The van der Waals surface area contributed by atoms with Crippen LogP contribution in [0.2, 0.25) is 0 Å². The molecular formula is C24H27N5OS. The fourth-order valence-corrected chi connectivity index (χ4v) is 5.13. The predicted octanol–water partition coefficient (Wildman–Crippen LogP) is 3.06. The lowest BCUT2D eigenvalue weighted by Gasteiger charge is -2.35. The van der Waals surface area contributed by atoms with Gasteiger partial charge in [-0.3, -0.25) is 9.69 Å². The summed E-state index contributed by atoms with van der Waals surface area (Å²) in [6.45, 7) is 4.15. The maximum absolute atomic E-state index is 13.0. The van der Waals surface area contributed by atoms with Crippen molar-refractivity contribution in [2.75, 3.05) is 26.2 Å². The number of carbonyl (C=O) groups excluding carboxylic acids is 1. The zero-order valence-electron chi connectivity index (χ0n) is 17.4. The smallest absolute Gasteiger partial charge is 0.241 e. The molecule has 2 aromatic carbocycles. The number of aromatic nitrogens is 1. The summed E-state index contributed by atoms with van der Waals surface area (Å²) in [5.74, 6) is 0.200. The summed E-state index contributed by atoms with van der Waals surface area (Å²) < 4.78 is 0. The number of benzene rings is 2. The highest BCUT2D eigenvalue weighted by atomic mass is 32.1. The molecule has 5 rings (SSSR count). The van der Waals surface area contributed by atoms with E-state index in [1.807, 2.05) is 41.3 Å². The lowest BCUT2D eigenvalue weighted by atomic mass is 10.0. The molecule has 31 heavy (non-hydrogen) atoms. The number of nitrogens with one attached hydrogen (secondary N) is 2. The minimum atomic E-state index is -0.163. The molecule has 0 radical (unpaired) electrons. The molecule has 3 heterocycles. The normalized spacial score (nSPS) is 22.0. The van der Waals surface area contributed by atoms with Crippen molar-refractivity contribution < 1.29 is 4.79 Å². The summed E-state index contributed by atoms with van der Waals surface area (Å²) in [7, 11) is 0. The first kappa shape index (κ1) is 20.3. The number of hydrazine groups is 1. The summed E-state index contributed by atoms with van der Waals surface area (Å²) in [5.41, 5.74) is 9.91. The Morgan fingerprint density at radius 3 is 2.42 bits per heavy atom. The Kier molecular flexibility index (Phi) is 6.08. The Hall–Kier alpha value is -2.58. The van der Waals surface area contributed by atoms with E-state index in [4.69, 9.17) is 4.98 Å². The van der Waals surface area contributed by atoms with Crippen molar-refractivity contribution in [1.29, 1.82) is 0 Å². The van der Waals surface area contributed by atoms with Gasteiger partial charge in [0, 0.05) is 43.2 Å². The molecule has 2 fully saturated rings. The number of hydrogen-bond acceptors (Lipinski definition) is 6. The topological polar surface area (TPSA) is 60.5 Å². The van der Waals surface area contributed by atoms with E-state index in [1.165, 1.54) is 5.56 Å². The number of rotatable bonds is 5. The number of amides is 1. The third kappa shape index (κ3) is 4.70. The van der Waals surface area contributed by atoms with Crippen molar-refractivity contribution in [3.63, 3.8) is 0 Å². The van der Waals surface area contributed by atoms with E-state index in [9.17, 15) is 4.79 Å². The van der Waals surface area contributed by atoms with Crippen LogP contribution in [0, 0.1) is 0 Å². The number of carbonyl (C=O) groups is 1. The maximum Gasteiger partial charge on any atom is 0.241 e. The van der Waals surface area contributed by atoms with Gasteiger partial charge in [-0.25, -0.2) is 15.8 Å². The van der Waals surface area contributed by atoms with Gasteiger partial charge in [-0.15, -0.1) is 11.3 Å². The maximum atomic E-state index is 13.0. The first-order valence-electron chi connectivity index (χ1n) is 10.8. The van der Waals surface area contributed by atoms with Crippen LogP contribution < -0.4 is 10.9 Å². The SMILES string of the molecule is O=C(C1CC(c2ccccc2)NN1)N1CCN(Cc2nc(-c3ccccc3)cs2)CC1. The average Bonchev–Trinajstić information content (AvgIpc) is 3.51. The van der Waals surface area contributed by atoms with Crippen LogP contribution in [0.5, 0.6) is 0 Å². The first-order valence-corrected chi connectivity index (χ1v) is 11.7. The minimum absolute atomic E-state index is 0.163. The third-order valence-electron chi connectivity index (χ3n) is 6.07. The average molecular weight is 434 g/mol. The van der Waals surface area contributed by atoms with E-state index in [0.717, 1.165) is 55.4 Å². The minimum Gasteiger partial charge on any atom is -0.339 e. The Bertz CT molecular complexity index is 1000. The van der Waals surface area contributed by atoms with Crippen LogP contribution in [0.3, 0.4) is 0 Å². The van der Waals surface area contributed by atoms with Crippen LogP contribution in [0.4, 0.5) is 0 Å². The largest absolute Gasteiger partial charge is 0.339 e. The summed E-state index contributed by atoms with van der Waals surface area (Å²) >= 11 is 1.71. The van der Waals surface area contributed by atoms with Gasteiger partial charge < -0.3 is 4.90 Å². The van der Waals surface area contributed by atoms with Gasteiger partial charge >= 0.3 is 0 Å². The van der Waals surface area contributed by atoms with Crippen molar-refractivity contribution in [1.82, 2.24) is 25.6 Å². The fourth-order valence-electron chi connectivity index (χ4n) is 4.29. The van der Waals surface area contributed by atoms with E-state index in [2.05, 4.69) is 45.4 Å². The molecule has 0 spiro atoms. The molecule has 2 aliphatic rings. The molecule has 2 atom stereocenters. The Morgan fingerprint density at radius 1 is 0.968 bits per heavy atom. The van der Waals surface area contributed by atoms with Gasteiger partial charge in [0.05, 0.1) is 12.2 Å². The van der Waals surface area contributed by atoms with Crippen LogP contribution in [0.15, 0.2) is 66.0 Å². The van der Waals surface area contributed by atoms with E-state index < -0.39 is 0 Å². The molecule has 1 aromatic heterocycles. The van der Waals surface area contributed by atoms with E-state index in [1.54, 1.807) is 11.3 Å². The number of piperazine rings is 1. The molecule has 2 unspecified atom stereocenters. The van der Waals surface area contributed by atoms with Crippen LogP contribution in [0.1, 0.15) is 23.0 Å². The molecule has 0 bridgehead atoms. The molecule has 7 heteroatoms. The Balaban J connectivity index is 1.12. The van der Waals surface area contributed by atoms with Gasteiger partial charge in [-0.05, 0) is 12.0 Å². The summed E-state index contributed by atoms with van der Waals surface area (Å²) in [6, 6.07) is 20.6. The van der Waals surface area contributed by atoms with Gasteiger partial charge in [0.15, 0.2) is 0 Å². The second-order valence-corrected chi connectivity index (χ2v) is 9.08. The molecule has 160 valence electrons. The third-order valence-corrected chi connectivity index (χ3v) is 6.90.